The molecule has 0 saturated heterocycles. The van der Waals surface area contributed by atoms with E-state index in [1.54, 1.807) is 0 Å². The molecule has 1 N–H and O–H groups in total. The molecule has 3 aromatic rings. The van der Waals surface area contributed by atoms with Crippen molar-refractivity contribution in [3.8, 4) is 0 Å². The summed E-state index contributed by atoms with van der Waals surface area (Å²) in [5.74, 6) is 0.720. The minimum Gasteiger partial charge on any atom is -0.351 e. The predicted molar refractivity (Wildman–Crippen MR) is 97.9 cm³/mol. The Hall–Kier alpha value is -2.40. The topological polar surface area (TPSA) is 54.9 Å². The number of aromatic nitrogens is 2. The Morgan fingerprint density at radius 2 is 1.79 bits per heavy atom. The van der Waals surface area contributed by atoms with Gasteiger partial charge in [-0.2, -0.15) is 0 Å². The number of nitrogens with one attached hydrogen (secondary N) is 1. The fraction of sp³-hybridized carbons (Fsp3) is 0.211. The maximum atomic E-state index is 12.4. The highest BCUT2D eigenvalue weighted by molar-refractivity contribution is 8.00. The third kappa shape index (κ3) is 3.92. The number of carbonyl (C=O) groups excluding carboxylic acids is 1. The Morgan fingerprint density at radius 3 is 2.58 bits per heavy atom. The minimum absolute atomic E-state index is 0.00389. The van der Waals surface area contributed by atoms with E-state index in [0.717, 1.165) is 21.5 Å². The smallest absolute Gasteiger partial charge is 0.233 e. The molecular weight excluding hydrogens is 318 g/mol. The first-order valence-corrected chi connectivity index (χ1v) is 8.73. The summed E-state index contributed by atoms with van der Waals surface area (Å²) >= 11 is 1.47. The molecule has 3 rings (SSSR count). The number of benzene rings is 2. The summed E-state index contributed by atoms with van der Waals surface area (Å²) in [4.78, 5) is 21.3. The molecular formula is C19H19N3OS. The van der Waals surface area contributed by atoms with Crippen molar-refractivity contribution >= 4 is 28.6 Å². The average molecular weight is 337 g/mol. The molecule has 0 aliphatic rings. The number of amides is 1. The van der Waals surface area contributed by atoms with Gasteiger partial charge < -0.3 is 5.32 Å². The van der Waals surface area contributed by atoms with Crippen molar-refractivity contribution in [3.63, 3.8) is 0 Å². The van der Waals surface area contributed by atoms with Crippen LogP contribution in [0.1, 0.15) is 18.3 Å². The molecule has 0 bridgehead atoms. The normalized spacial score (nSPS) is 12.1. The van der Waals surface area contributed by atoms with Gasteiger partial charge in [0.2, 0.25) is 5.91 Å². The van der Waals surface area contributed by atoms with Crippen LogP contribution in [0.5, 0.6) is 0 Å². The molecule has 5 heteroatoms. The highest BCUT2D eigenvalue weighted by Crippen LogP contribution is 2.28. The lowest BCUT2D eigenvalue weighted by atomic mass is 10.2. The third-order valence-corrected chi connectivity index (χ3v) is 4.75. The van der Waals surface area contributed by atoms with Crippen LogP contribution in [-0.4, -0.2) is 21.1 Å². The van der Waals surface area contributed by atoms with Crippen molar-refractivity contribution in [1.29, 1.82) is 0 Å². The van der Waals surface area contributed by atoms with E-state index in [1.165, 1.54) is 11.8 Å². The Balaban J connectivity index is 1.70. The fourth-order valence-corrected chi connectivity index (χ4v) is 3.41. The van der Waals surface area contributed by atoms with Crippen molar-refractivity contribution in [2.24, 2.45) is 0 Å². The van der Waals surface area contributed by atoms with E-state index >= 15 is 0 Å². The van der Waals surface area contributed by atoms with Crippen molar-refractivity contribution in [2.75, 3.05) is 0 Å². The van der Waals surface area contributed by atoms with Crippen LogP contribution in [0.2, 0.25) is 0 Å². The van der Waals surface area contributed by atoms with Crippen LogP contribution >= 0.6 is 11.8 Å². The van der Waals surface area contributed by atoms with E-state index in [-0.39, 0.29) is 11.2 Å². The summed E-state index contributed by atoms with van der Waals surface area (Å²) < 4.78 is 0. The molecule has 4 nitrogen and oxygen atoms in total. The molecule has 24 heavy (non-hydrogen) atoms. The fourth-order valence-electron chi connectivity index (χ4n) is 2.40. The van der Waals surface area contributed by atoms with Gasteiger partial charge in [0.1, 0.15) is 10.9 Å². The van der Waals surface area contributed by atoms with Crippen LogP contribution in [0.4, 0.5) is 0 Å². The number of aryl methyl sites for hydroxylation is 1. The van der Waals surface area contributed by atoms with E-state index in [2.05, 4.69) is 15.3 Å². The molecule has 1 aromatic heterocycles. The zero-order chi connectivity index (χ0) is 16.9. The Morgan fingerprint density at radius 1 is 1.08 bits per heavy atom. The van der Waals surface area contributed by atoms with Crippen molar-refractivity contribution in [1.82, 2.24) is 15.3 Å². The molecule has 0 aliphatic carbocycles. The number of hydrogen-bond acceptors (Lipinski definition) is 4. The lowest BCUT2D eigenvalue weighted by molar-refractivity contribution is -0.120. The lowest BCUT2D eigenvalue weighted by Gasteiger charge is -2.13. The zero-order valence-electron chi connectivity index (χ0n) is 13.7. The Bertz CT molecular complexity index is 852. The first kappa shape index (κ1) is 16.5. The van der Waals surface area contributed by atoms with Gasteiger partial charge in [-0.15, -0.1) is 0 Å². The molecule has 1 amide bonds. The number of nitrogens with zero attached hydrogens (tertiary/aromatic N) is 2. The molecule has 1 unspecified atom stereocenters. The molecule has 0 aliphatic heterocycles. The summed E-state index contributed by atoms with van der Waals surface area (Å²) in [5, 5.41) is 4.58. The largest absolute Gasteiger partial charge is 0.351 e. The Labute approximate surface area is 145 Å². The number of carbonyl (C=O) groups is 1. The van der Waals surface area contributed by atoms with Gasteiger partial charge in [0.15, 0.2) is 0 Å². The lowest BCUT2D eigenvalue weighted by Crippen LogP contribution is -2.30. The maximum Gasteiger partial charge on any atom is 0.233 e. The molecule has 0 radical (unpaired) electrons. The average Bonchev–Trinajstić information content (AvgIpc) is 2.60. The van der Waals surface area contributed by atoms with E-state index in [4.69, 9.17) is 0 Å². The first-order chi connectivity index (χ1) is 11.6. The molecule has 122 valence electrons. The van der Waals surface area contributed by atoms with Crippen LogP contribution in [0.3, 0.4) is 0 Å². The monoisotopic (exact) mass is 337 g/mol. The third-order valence-electron chi connectivity index (χ3n) is 3.65. The molecule has 0 fully saturated rings. The summed E-state index contributed by atoms with van der Waals surface area (Å²) in [6.07, 6.45) is 0. The van der Waals surface area contributed by atoms with Crippen LogP contribution in [-0.2, 0) is 11.3 Å². The second-order valence-corrected chi connectivity index (χ2v) is 6.89. The molecule has 1 heterocycles. The second-order valence-electron chi connectivity index (χ2n) is 5.56. The van der Waals surface area contributed by atoms with Gasteiger partial charge in [0, 0.05) is 11.9 Å². The molecule has 2 aromatic carbocycles. The SMILES string of the molecule is Cc1nc(SC(C)C(=O)NCc2ccccc2)c2ccccc2n1. The van der Waals surface area contributed by atoms with Crippen LogP contribution in [0.25, 0.3) is 10.9 Å². The first-order valence-electron chi connectivity index (χ1n) is 7.85. The van der Waals surface area contributed by atoms with Crippen molar-refractivity contribution in [3.05, 3.63) is 66.0 Å². The highest BCUT2D eigenvalue weighted by atomic mass is 32.2. The quantitative estimate of drug-likeness (QED) is 0.569. The molecule has 0 spiro atoms. The zero-order valence-corrected chi connectivity index (χ0v) is 14.5. The van der Waals surface area contributed by atoms with E-state index in [9.17, 15) is 4.79 Å². The summed E-state index contributed by atoms with van der Waals surface area (Å²) in [7, 11) is 0. The van der Waals surface area contributed by atoms with Crippen LogP contribution in [0.15, 0.2) is 59.6 Å². The Kier molecular flexibility index (Phi) is 5.11. The molecule has 1 atom stereocenters. The van der Waals surface area contributed by atoms with Gasteiger partial charge in [0.25, 0.3) is 0 Å². The van der Waals surface area contributed by atoms with Gasteiger partial charge in [-0.1, -0.05) is 60.3 Å². The number of fused-ring (bicyclic) bond motifs is 1. The maximum absolute atomic E-state index is 12.4. The predicted octanol–water partition coefficient (Wildman–Crippen LogP) is 3.74. The van der Waals surface area contributed by atoms with Gasteiger partial charge in [0.05, 0.1) is 10.8 Å². The van der Waals surface area contributed by atoms with Gasteiger partial charge in [-0.05, 0) is 25.5 Å². The van der Waals surface area contributed by atoms with Crippen LogP contribution in [0, 0.1) is 6.92 Å². The van der Waals surface area contributed by atoms with E-state index in [1.807, 2.05) is 68.4 Å². The summed E-state index contributed by atoms with van der Waals surface area (Å²) in [6, 6.07) is 17.8. The summed E-state index contributed by atoms with van der Waals surface area (Å²) in [5.41, 5.74) is 2.00. The number of thioether (sulfide) groups is 1. The van der Waals surface area contributed by atoms with Gasteiger partial charge in [-0.25, -0.2) is 9.97 Å². The van der Waals surface area contributed by atoms with E-state index < -0.39 is 0 Å². The standard InChI is InChI=1S/C19H19N3OS/c1-13(18(23)20-12-15-8-4-3-5-9-15)24-19-16-10-6-7-11-17(16)21-14(2)22-19/h3-11,13H,12H2,1-2H3,(H,20,23). The number of rotatable bonds is 5. The van der Waals surface area contributed by atoms with Crippen molar-refractivity contribution < 1.29 is 4.79 Å². The van der Waals surface area contributed by atoms with Gasteiger partial charge in [-0.3, -0.25) is 4.79 Å². The van der Waals surface area contributed by atoms with Gasteiger partial charge >= 0.3 is 0 Å². The van der Waals surface area contributed by atoms with Crippen molar-refractivity contribution in [2.45, 2.75) is 30.7 Å². The highest BCUT2D eigenvalue weighted by Gasteiger charge is 2.17. The molecule has 0 saturated carbocycles. The van der Waals surface area contributed by atoms with E-state index in [0.29, 0.717) is 12.4 Å². The van der Waals surface area contributed by atoms with Crippen LogP contribution < -0.4 is 5.32 Å². The minimum atomic E-state index is -0.230. The summed E-state index contributed by atoms with van der Waals surface area (Å²) in [6.45, 7) is 4.31. The number of para-hydroxylation sites is 1. The second kappa shape index (κ2) is 7.45. The number of hydrogen-bond donors (Lipinski definition) is 1.